The van der Waals surface area contributed by atoms with Crippen LogP contribution >= 0.6 is 22.9 Å². The Hall–Kier alpha value is -2.67. The van der Waals surface area contributed by atoms with Crippen molar-refractivity contribution in [1.29, 1.82) is 0 Å². The molecule has 0 aliphatic carbocycles. The van der Waals surface area contributed by atoms with E-state index in [9.17, 15) is 4.79 Å². The van der Waals surface area contributed by atoms with Crippen molar-refractivity contribution in [2.75, 3.05) is 38.1 Å². The number of thiophene rings is 1. The van der Waals surface area contributed by atoms with Crippen LogP contribution in [-0.2, 0) is 0 Å². The third kappa shape index (κ3) is 3.62. The van der Waals surface area contributed by atoms with Crippen molar-refractivity contribution >= 4 is 38.8 Å². The summed E-state index contributed by atoms with van der Waals surface area (Å²) in [5.74, 6) is 0.960. The number of pyridine rings is 2. The van der Waals surface area contributed by atoms with Gasteiger partial charge in [0.25, 0.3) is 5.56 Å². The average molecular weight is 437 g/mol. The summed E-state index contributed by atoms with van der Waals surface area (Å²) in [5.41, 5.74) is 1.82. The lowest BCUT2D eigenvalue weighted by molar-refractivity contribution is 0.312. The molecular weight excluding hydrogens is 416 g/mol. The Labute approximate surface area is 183 Å². The first-order valence-corrected chi connectivity index (χ1v) is 11.1. The molecule has 30 heavy (non-hydrogen) atoms. The monoisotopic (exact) mass is 436 g/mol. The molecule has 0 N–H and O–H groups in total. The molecule has 0 saturated carbocycles. The van der Waals surface area contributed by atoms with Crippen molar-refractivity contribution in [2.45, 2.75) is 0 Å². The number of hydrogen-bond acceptors (Lipinski definition) is 5. The topological polar surface area (TPSA) is 41.4 Å². The molecule has 3 aromatic heterocycles. The minimum atomic E-state index is -0.0214. The zero-order chi connectivity index (χ0) is 20.7. The minimum absolute atomic E-state index is 0.0214. The molecule has 0 amide bonds. The number of nitrogens with zero attached hydrogens (tertiary/aromatic N) is 4. The SMILES string of the molecule is CN1CCN(c2ccc(-n3ccc4cc(-c5ccc(Cl)cc5)sc4c3=O)cn2)CC1. The maximum atomic E-state index is 13.2. The molecule has 1 aliphatic heterocycles. The van der Waals surface area contributed by atoms with Crippen LogP contribution in [0, 0.1) is 0 Å². The highest BCUT2D eigenvalue weighted by molar-refractivity contribution is 7.22. The third-order valence-corrected chi connectivity index (χ3v) is 6.98. The molecule has 1 saturated heterocycles. The van der Waals surface area contributed by atoms with Crippen LogP contribution in [-0.4, -0.2) is 47.7 Å². The summed E-state index contributed by atoms with van der Waals surface area (Å²) in [5, 5.41) is 1.66. The van der Waals surface area contributed by atoms with Crippen LogP contribution in [0.3, 0.4) is 0 Å². The fourth-order valence-corrected chi connectivity index (χ4v) is 4.95. The van der Waals surface area contributed by atoms with Gasteiger partial charge in [-0.05, 0) is 49.0 Å². The van der Waals surface area contributed by atoms with Gasteiger partial charge in [-0.1, -0.05) is 23.7 Å². The van der Waals surface area contributed by atoms with Gasteiger partial charge in [0.2, 0.25) is 0 Å². The van der Waals surface area contributed by atoms with E-state index in [1.54, 1.807) is 10.8 Å². The lowest BCUT2D eigenvalue weighted by atomic mass is 10.2. The summed E-state index contributed by atoms with van der Waals surface area (Å²) in [7, 11) is 2.14. The number of benzene rings is 1. The molecule has 152 valence electrons. The van der Waals surface area contributed by atoms with E-state index in [1.807, 2.05) is 48.7 Å². The predicted molar refractivity (Wildman–Crippen MR) is 125 cm³/mol. The van der Waals surface area contributed by atoms with E-state index >= 15 is 0 Å². The molecular formula is C23H21ClN4OS. The number of piperazine rings is 1. The maximum Gasteiger partial charge on any atom is 0.273 e. The van der Waals surface area contributed by atoms with Crippen LogP contribution in [0.2, 0.25) is 5.02 Å². The van der Waals surface area contributed by atoms with E-state index in [0.717, 1.165) is 58.2 Å². The molecule has 0 spiro atoms. The molecule has 5 nitrogen and oxygen atoms in total. The van der Waals surface area contributed by atoms with Crippen molar-refractivity contribution in [2.24, 2.45) is 0 Å². The highest BCUT2D eigenvalue weighted by Gasteiger charge is 2.16. The van der Waals surface area contributed by atoms with Crippen molar-refractivity contribution in [3.05, 3.63) is 76.3 Å². The zero-order valence-electron chi connectivity index (χ0n) is 16.6. The largest absolute Gasteiger partial charge is 0.354 e. The Morgan fingerprint density at radius 2 is 1.77 bits per heavy atom. The van der Waals surface area contributed by atoms with Gasteiger partial charge in [0.15, 0.2) is 0 Å². The van der Waals surface area contributed by atoms with Crippen LogP contribution in [0.15, 0.2) is 65.7 Å². The quantitative estimate of drug-likeness (QED) is 0.473. The number of hydrogen-bond donors (Lipinski definition) is 0. The number of anilines is 1. The van der Waals surface area contributed by atoms with E-state index in [4.69, 9.17) is 11.6 Å². The second-order valence-electron chi connectivity index (χ2n) is 7.56. The summed E-state index contributed by atoms with van der Waals surface area (Å²) in [6.45, 7) is 4.01. The Morgan fingerprint density at radius 1 is 1.00 bits per heavy atom. The van der Waals surface area contributed by atoms with Crippen LogP contribution in [0.4, 0.5) is 5.82 Å². The highest BCUT2D eigenvalue weighted by Crippen LogP contribution is 2.32. The maximum absolute atomic E-state index is 13.2. The summed E-state index contributed by atoms with van der Waals surface area (Å²) in [6.07, 6.45) is 3.62. The Balaban J connectivity index is 1.46. The number of likely N-dealkylation sites (N-methyl/N-ethyl adjacent to an activating group) is 1. The normalized spacial score (nSPS) is 15.1. The summed E-state index contributed by atoms with van der Waals surface area (Å²) in [6, 6.07) is 15.7. The van der Waals surface area contributed by atoms with Gasteiger partial charge in [-0.2, -0.15) is 0 Å². The first-order chi connectivity index (χ1) is 14.6. The standard InChI is InChI=1S/C23H21ClN4OS/c1-26-10-12-27(13-11-26)21-7-6-19(15-25-21)28-9-8-17-14-20(30-22(17)23(28)29)16-2-4-18(24)5-3-16/h2-9,14-15H,10-13H2,1H3. The fourth-order valence-electron chi connectivity index (χ4n) is 3.73. The smallest absolute Gasteiger partial charge is 0.273 e. The zero-order valence-corrected chi connectivity index (χ0v) is 18.2. The van der Waals surface area contributed by atoms with Gasteiger partial charge in [0.05, 0.1) is 11.9 Å². The van der Waals surface area contributed by atoms with E-state index < -0.39 is 0 Å². The van der Waals surface area contributed by atoms with Crippen molar-refractivity contribution in [3.63, 3.8) is 0 Å². The fraction of sp³-hybridized carbons (Fsp3) is 0.217. The van der Waals surface area contributed by atoms with Gasteiger partial charge in [0, 0.05) is 47.7 Å². The molecule has 5 rings (SSSR count). The lowest BCUT2D eigenvalue weighted by Crippen LogP contribution is -2.44. The Morgan fingerprint density at radius 3 is 2.47 bits per heavy atom. The number of rotatable bonds is 3. The Bertz CT molecular complexity index is 1240. The molecule has 0 radical (unpaired) electrons. The number of fused-ring (bicyclic) bond motifs is 1. The van der Waals surface area contributed by atoms with Crippen LogP contribution < -0.4 is 10.5 Å². The second kappa shape index (κ2) is 7.87. The van der Waals surface area contributed by atoms with Crippen molar-refractivity contribution in [3.8, 4) is 16.1 Å². The molecule has 4 aromatic rings. The molecule has 7 heteroatoms. The number of halogens is 1. The van der Waals surface area contributed by atoms with Gasteiger partial charge in [-0.15, -0.1) is 11.3 Å². The van der Waals surface area contributed by atoms with E-state index in [-0.39, 0.29) is 5.56 Å². The molecule has 1 aromatic carbocycles. The van der Waals surface area contributed by atoms with Gasteiger partial charge < -0.3 is 9.80 Å². The van der Waals surface area contributed by atoms with Gasteiger partial charge in [0.1, 0.15) is 10.5 Å². The van der Waals surface area contributed by atoms with E-state index in [1.165, 1.54) is 11.3 Å². The number of aromatic nitrogens is 2. The third-order valence-electron chi connectivity index (χ3n) is 5.54. The Kier molecular flexibility index (Phi) is 5.06. The van der Waals surface area contributed by atoms with E-state index in [2.05, 4.69) is 27.9 Å². The molecule has 0 unspecified atom stereocenters. The van der Waals surface area contributed by atoms with Crippen LogP contribution in [0.1, 0.15) is 0 Å². The molecule has 1 aliphatic rings. The van der Waals surface area contributed by atoms with Gasteiger partial charge in [-0.3, -0.25) is 9.36 Å². The van der Waals surface area contributed by atoms with Crippen LogP contribution in [0.5, 0.6) is 0 Å². The van der Waals surface area contributed by atoms with E-state index in [0.29, 0.717) is 5.02 Å². The summed E-state index contributed by atoms with van der Waals surface area (Å²) >= 11 is 7.51. The summed E-state index contributed by atoms with van der Waals surface area (Å²) < 4.78 is 2.41. The van der Waals surface area contributed by atoms with Crippen LogP contribution in [0.25, 0.3) is 26.2 Å². The predicted octanol–water partition coefficient (Wildman–Crippen LogP) is 4.52. The molecule has 1 fully saturated rings. The molecule has 0 atom stereocenters. The molecule has 0 bridgehead atoms. The van der Waals surface area contributed by atoms with Crippen molar-refractivity contribution in [1.82, 2.24) is 14.5 Å². The van der Waals surface area contributed by atoms with Crippen molar-refractivity contribution < 1.29 is 0 Å². The minimum Gasteiger partial charge on any atom is -0.354 e. The second-order valence-corrected chi connectivity index (χ2v) is 9.05. The van der Waals surface area contributed by atoms with Gasteiger partial charge in [-0.25, -0.2) is 4.98 Å². The summed E-state index contributed by atoms with van der Waals surface area (Å²) in [4.78, 5) is 23.4. The average Bonchev–Trinajstić information content (AvgIpc) is 3.21. The first kappa shape index (κ1) is 19.3. The molecule has 4 heterocycles. The first-order valence-electron chi connectivity index (χ1n) is 9.89. The highest BCUT2D eigenvalue weighted by atomic mass is 35.5. The lowest BCUT2D eigenvalue weighted by Gasteiger charge is -2.33. The van der Waals surface area contributed by atoms with Gasteiger partial charge >= 0.3 is 0 Å².